The van der Waals surface area contributed by atoms with Gasteiger partial charge in [-0.05, 0) is 43.3 Å². The number of benzene rings is 1. The first-order valence-electron chi connectivity index (χ1n) is 8.68. The molecule has 1 aliphatic carbocycles. The van der Waals surface area contributed by atoms with Gasteiger partial charge in [-0.15, -0.1) is 0 Å². The second kappa shape index (κ2) is 7.57. The Labute approximate surface area is 176 Å². The van der Waals surface area contributed by atoms with Crippen molar-refractivity contribution in [3.05, 3.63) is 38.8 Å². The Hall–Kier alpha value is -0.780. The van der Waals surface area contributed by atoms with E-state index in [2.05, 4.69) is 25.9 Å². The van der Waals surface area contributed by atoms with Crippen LogP contribution in [0.15, 0.2) is 33.9 Å². The van der Waals surface area contributed by atoms with Crippen LogP contribution in [0.25, 0.3) is 0 Å². The molecule has 0 radical (unpaired) electrons. The highest BCUT2D eigenvalue weighted by atomic mass is 79.9. The van der Waals surface area contributed by atoms with Gasteiger partial charge in [0.15, 0.2) is 4.77 Å². The van der Waals surface area contributed by atoms with E-state index in [9.17, 15) is 8.42 Å². The number of hydrogen-bond acceptors (Lipinski definition) is 5. The third-order valence-corrected chi connectivity index (χ3v) is 8.17. The molecule has 1 saturated heterocycles. The first-order valence-corrected chi connectivity index (χ1v) is 11.7. The minimum Gasteiger partial charge on any atom is -0.303 e. The molecule has 0 bridgehead atoms. The van der Waals surface area contributed by atoms with E-state index in [1.54, 1.807) is 18.5 Å². The SMILES string of the molecule is O=S(=O)(c1ccc(Br)cc1Cl)N1CCN(Cn2ncn(C3CC3)c2=S)CC1. The zero-order chi connectivity index (χ0) is 19.2. The van der Waals surface area contributed by atoms with E-state index >= 15 is 0 Å². The Morgan fingerprint density at radius 1 is 1.22 bits per heavy atom. The molecule has 146 valence electrons. The highest BCUT2D eigenvalue weighted by molar-refractivity contribution is 9.10. The third kappa shape index (κ3) is 4.01. The van der Waals surface area contributed by atoms with Gasteiger partial charge in [0.25, 0.3) is 0 Å². The van der Waals surface area contributed by atoms with Crippen LogP contribution in [0.5, 0.6) is 0 Å². The lowest BCUT2D eigenvalue weighted by molar-refractivity contribution is 0.144. The Kier molecular flexibility index (Phi) is 5.47. The Balaban J connectivity index is 1.42. The summed E-state index contributed by atoms with van der Waals surface area (Å²) in [4.78, 5) is 2.31. The predicted octanol–water partition coefficient (Wildman–Crippen LogP) is 3.13. The summed E-state index contributed by atoms with van der Waals surface area (Å²) in [5, 5.41) is 4.61. The summed E-state index contributed by atoms with van der Waals surface area (Å²) in [6.45, 7) is 2.62. The fourth-order valence-electron chi connectivity index (χ4n) is 3.17. The van der Waals surface area contributed by atoms with E-state index in [-0.39, 0.29) is 9.92 Å². The molecule has 2 aliphatic rings. The molecule has 2 fully saturated rings. The molecule has 2 aromatic rings. The van der Waals surface area contributed by atoms with Crippen molar-refractivity contribution < 1.29 is 8.42 Å². The van der Waals surface area contributed by atoms with Gasteiger partial charge >= 0.3 is 0 Å². The summed E-state index contributed by atoms with van der Waals surface area (Å²) in [5.41, 5.74) is 0. The smallest absolute Gasteiger partial charge is 0.244 e. The highest BCUT2D eigenvalue weighted by Crippen LogP contribution is 2.34. The lowest BCUT2D eigenvalue weighted by Gasteiger charge is -2.33. The van der Waals surface area contributed by atoms with E-state index in [4.69, 9.17) is 23.8 Å². The van der Waals surface area contributed by atoms with Gasteiger partial charge in [-0.1, -0.05) is 27.5 Å². The first kappa shape index (κ1) is 19.5. The van der Waals surface area contributed by atoms with Gasteiger partial charge in [0.05, 0.1) is 11.7 Å². The van der Waals surface area contributed by atoms with Crippen LogP contribution in [0.3, 0.4) is 0 Å². The molecular weight excluding hydrogens is 474 g/mol. The lowest BCUT2D eigenvalue weighted by Crippen LogP contribution is -2.49. The van der Waals surface area contributed by atoms with Crippen molar-refractivity contribution in [3.63, 3.8) is 0 Å². The molecule has 0 N–H and O–H groups in total. The molecule has 0 atom stereocenters. The Morgan fingerprint density at radius 2 is 1.93 bits per heavy atom. The largest absolute Gasteiger partial charge is 0.303 e. The van der Waals surface area contributed by atoms with Crippen molar-refractivity contribution in [1.29, 1.82) is 0 Å². The Morgan fingerprint density at radius 3 is 2.56 bits per heavy atom. The molecule has 0 unspecified atom stereocenters. The van der Waals surface area contributed by atoms with Gasteiger partial charge in [0.2, 0.25) is 10.0 Å². The zero-order valence-corrected chi connectivity index (χ0v) is 18.4. The summed E-state index contributed by atoms with van der Waals surface area (Å²) in [7, 11) is -3.61. The third-order valence-electron chi connectivity index (χ3n) is 4.87. The molecule has 0 amide bonds. The van der Waals surface area contributed by atoms with Crippen molar-refractivity contribution in [2.45, 2.75) is 30.4 Å². The van der Waals surface area contributed by atoms with Crippen LogP contribution >= 0.6 is 39.7 Å². The van der Waals surface area contributed by atoms with Crippen LogP contribution in [0.1, 0.15) is 18.9 Å². The van der Waals surface area contributed by atoms with Gasteiger partial charge in [-0.2, -0.15) is 9.40 Å². The predicted molar refractivity (Wildman–Crippen MR) is 109 cm³/mol. The van der Waals surface area contributed by atoms with Gasteiger partial charge in [0, 0.05) is 36.7 Å². The van der Waals surface area contributed by atoms with Gasteiger partial charge < -0.3 is 4.57 Å². The van der Waals surface area contributed by atoms with Gasteiger partial charge in [-0.3, -0.25) is 4.90 Å². The second-order valence-electron chi connectivity index (χ2n) is 6.79. The van der Waals surface area contributed by atoms with E-state index < -0.39 is 10.0 Å². The minimum absolute atomic E-state index is 0.145. The average Bonchev–Trinajstić information content (AvgIpc) is 3.40. The average molecular weight is 493 g/mol. The molecular formula is C16H19BrClN5O2S2. The molecule has 11 heteroatoms. The monoisotopic (exact) mass is 491 g/mol. The minimum atomic E-state index is -3.61. The van der Waals surface area contributed by atoms with Crippen molar-refractivity contribution in [2.75, 3.05) is 26.2 Å². The number of sulfonamides is 1. The molecule has 27 heavy (non-hydrogen) atoms. The quantitative estimate of drug-likeness (QED) is 0.600. The molecule has 1 saturated carbocycles. The van der Waals surface area contributed by atoms with E-state index in [0.29, 0.717) is 38.9 Å². The van der Waals surface area contributed by atoms with Crippen molar-refractivity contribution in [3.8, 4) is 0 Å². The topological polar surface area (TPSA) is 63.4 Å². The summed E-state index contributed by atoms with van der Waals surface area (Å²) >= 11 is 14.9. The molecule has 7 nitrogen and oxygen atoms in total. The molecule has 1 aromatic heterocycles. The zero-order valence-electron chi connectivity index (χ0n) is 14.5. The van der Waals surface area contributed by atoms with Crippen LogP contribution in [-0.2, 0) is 16.7 Å². The van der Waals surface area contributed by atoms with Crippen molar-refractivity contribution >= 4 is 49.8 Å². The fourth-order valence-corrected chi connectivity index (χ4v) is 5.91. The van der Waals surface area contributed by atoms with Crippen LogP contribution in [0.4, 0.5) is 0 Å². The molecule has 1 aromatic carbocycles. The number of nitrogens with zero attached hydrogens (tertiary/aromatic N) is 5. The van der Waals surface area contributed by atoms with Gasteiger partial charge in [-0.25, -0.2) is 13.1 Å². The van der Waals surface area contributed by atoms with Crippen molar-refractivity contribution in [2.24, 2.45) is 0 Å². The van der Waals surface area contributed by atoms with Crippen LogP contribution < -0.4 is 0 Å². The van der Waals surface area contributed by atoms with E-state index in [0.717, 1.165) is 22.1 Å². The number of hydrogen-bond donors (Lipinski definition) is 0. The van der Waals surface area contributed by atoms with Gasteiger partial charge in [0.1, 0.15) is 11.2 Å². The fraction of sp³-hybridized carbons (Fsp3) is 0.500. The highest BCUT2D eigenvalue weighted by Gasteiger charge is 2.31. The first-order chi connectivity index (χ1) is 12.9. The van der Waals surface area contributed by atoms with Crippen molar-refractivity contribution in [1.82, 2.24) is 23.6 Å². The van der Waals surface area contributed by atoms with Crippen LogP contribution in [0.2, 0.25) is 5.02 Å². The molecule has 1 aliphatic heterocycles. The Bertz CT molecular complexity index is 1010. The maximum atomic E-state index is 12.9. The standard InChI is InChI=1S/C16H19BrClN5O2S2/c17-12-1-4-15(14(18)9-12)27(24,25)21-7-5-20(6-8-21)11-23-16(26)22(10-19-23)13-2-3-13/h1,4,9-10,13H,2-3,5-8,11H2. The maximum absolute atomic E-state index is 12.9. The molecule has 2 heterocycles. The number of aromatic nitrogens is 3. The normalized spacial score (nSPS) is 19.5. The lowest BCUT2D eigenvalue weighted by atomic mass is 10.4. The summed E-state index contributed by atoms with van der Waals surface area (Å²) in [6, 6.07) is 5.33. The number of halogens is 2. The van der Waals surface area contributed by atoms with Crippen LogP contribution in [0, 0.1) is 4.77 Å². The van der Waals surface area contributed by atoms with E-state index in [1.807, 2.05) is 9.25 Å². The maximum Gasteiger partial charge on any atom is 0.244 e. The number of piperazine rings is 1. The van der Waals surface area contributed by atoms with E-state index in [1.165, 1.54) is 10.4 Å². The number of rotatable bonds is 5. The molecule has 0 spiro atoms. The summed E-state index contributed by atoms with van der Waals surface area (Å²) < 4.78 is 32.6. The summed E-state index contributed by atoms with van der Waals surface area (Å²) in [5.74, 6) is 0. The molecule has 4 rings (SSSR count). The second-order valence-corrected chi connectivity index (χ2v) is 10.4. The summed E-state index contributed by atoms with van der Waals surface area (Å²) in [6.07, 6.45) is 4.13. The van der Waals surface area contributed by atoms with Crippen LogP contribution in [-0.4, -0.2) is 58.1 Å².